The summed E-state index contributed by atoms with van der Waals surface area (Å²) in [4.78, 5) is 13.5. The largest absolute Gasteiger partial charge is 0.355 e. The van der Waals surface area contributed by atoms with Crippen molar-refractivity contribution in [3.8, 4) is 0 Å². The third-order valence-electron chi connectivity index (χ3n) is 4.14. The van der Waals surface area contributed by atoms with Crippen LogP contribution in [-0.2, 0) is 6.42 Å². The molecule has 0 aromatic carbocycles. The number of aromatic amines is 1. The van der Waals surface area contributed by atoms with E-state index in [-0.39, 0.29) is 5.69 Å². The van der Waals surface area contributed by atoms with Crippen LogP contribution in [0.5, 0.6) is 0 Å². The highest BCUT2D eigenvalue weighted by molar-refractivity contribution is 6.67. The van der Waals surface area contributed by atoms with Gasteiger partial charge in [-0.25, -0.2) is 4.39 Å². The Kier molecular flexibility index (Phi) is 10.2. The maximum atomic E-state index is 13.7. The maximum Gasteiger partial charge on any atom is 0.271 e. The van der Waals surface area contributed by atoms with Crippen molar-refractivity contribution in [3.05, 3.63) is 23.3 Å². The second-order valence-corrected chi connectivity index (χ2v) is 6.41. The molecule has 0 radical (unpaired) electrons. The monoisotopic (exact) mass is 329 g/mol. The van der Waals surface area contributed by atoms with E-state index in [1.807, 2.05) is 0 Å². The number of unbranched alkanes of at least 4 members (excludes halogenated alkanes) is 10. The van der Waals surface area contributed by atoms with E-state index in [1.165, 1.54) is 57.8 Å². The first-order chi connectivity index (χ1) is 10.7. The molecule has 0 saturated carbocycles. The lowest BCUT2D eigenvalue weighted by Gasteiger charge is -2.02. The van der Waals surface area contributed by atoms with Gasteiger partial charge in [0.2, 0.25) is 0 Å². The van der Waals surface area contributed by atoms with Crippen LogP contribution in [0.4, 0.5) is 4.39 Å². The smallest absolute Gasteiger partial charge is 0.271 e. The molecule has 0 fully saturated rings. The van der Waals surface area contributed by atoms with Crippen LogP contribution in [0, 0.1) is 5.82 Å². The second-order valence-electron chi connectivity index (χ2n) is 6.06. The fourth-order valence-corrected chi connectivity index (χ4v) is 2.89. The highest BCUT2D eigenvalue weighted by Crippen LogP contribution is 2.17. The molecule has 0 saturated heterocycles. The molecule has 1 aromatic heterocycles. The van der Waals surface area contributed by atoms with Crippen LogP contribution >= 0.6 is 11.6 Å². The molecule has 0 spiro atoms. The number of rotatable bonds is 13. The van der Waals surface area contributed by atoms with Crippen LogP contribution in [0.3, 0.4) is 0 Å². The van der Waals surface area contributed by atoms with E-state index in [0.717, 1.165) is 12.8 Å². The number of carbonyl (C=O) groups is 1. The van der Waals surface area contributed by atoms with Crippen LogP contribution < -0.4 is 0 Å². The van der Waals surface area contributed by atoms with Gasteiger partial charge in [0.05, 0.1) is 0 Å². The van der Waals surface area contributed by atoms with Gasteiger partial charge in [0.15, 0.2) is 5.82 Å². The molecule has 0 atom stereocenters. The van der Waals surface area contributed by atoms with Crippen LogP contribution in [-0.4, -0.2) is 10.2 Å². The van der Waals surface area contributed by atoms with Gasteiger partial charge in [-0.15, -0.1) is 0 Å². The number of halogens is 2. The number of H-pyrrole nitrogens is 1. The molecule has 1 aromatic rings. The number of aromatic nitrogens is 1. The maximum absolute atomic E-state index is 13.7. The molecule has 0 aliphatic heterocycles. The van der Waals surface area contributed by atoms with Crippen molar-refractivity contribution in [1.29, 1.82) is 0 Å². The number of carbonyl (C=O) groups excluding carboxylic acids is 1. The standard InChI is InChI=1S/C18H29ClFNO/c1-2-3-4-5-6-7-8-9-10-11-12-13-15-14-21-17(16(15)20)18(19)22/h14,21H,2-13H2,1H3. The third kappa shape index (κ3) is 7.44. The van der Waals surface area contributed by atoms with Crippen LogP contribution in [0.2, 0.25) is 0 Å². The Balaban J connectivity index is 1.99. The summed E-state index contributed by atoms with van der Waals surface area (Å²) in [6, 6.07) is 0. The quantitative estimate of drug-likeness (QED) is 0.330. The summed E-state index contributed by atoms with van der Waals surface area (Å²) in [5.74, 6) is -0.480. The zero-order valence-corrected chi connectivity index (χ0v) is 14.5. The van der Waals surface area contributed by atoms with Crippen molar-refractivity contribution in [2.24, 2.45) is 0 Å². The highest BCUT2D eigenvalue weighted by atomic mass is 35.5. The summed E-state index contributed by atoms with van der Waals surface area (Å²) in [6.07, 6.45) is 16.2. The first-order valence-corrected chi connectivity index (χ1v) is 9.10. The first kappa shape index (κ1) is 19.2. The van der Waals surface area contributed by atoms with E-state index in [0.29, 0.717) is 12.0 Å². The fraction of sp³-hybridized carbons (Fsp3) is 0.722. The van der Waals surface area contributed by atoms with E-state index in [1.54, 1.807) is 6.20 Å². The topological polar surface area (TPSA) is 32.9 Å². The molecular weight excluding hydrogens is 301 g/mol. The van der Waals surface area contributed by atoms with Gasteiger partial charge in [0, 0.05) is 11.8 Å². The number of hydrogen-bond acceptors (Lipinski definition) is 1. The number of aryl methyl sites for hydroxylation is 1. The SMILES string of the molecule is CCCCCCCCCCCCCc1c[nH]c(C(=O)Cl)c1F. The van der Waals surface area contributed by atoms with E-state index >= 15 is 0 Å². The zero-order valence-electron chi connectivity index (χ0n) is 13.7. The van der Waals surface area contributed by atoms with Crippen LogP contribution in [0.15, 0.2) is 6.20 Å². The van der Waals surface area contributed by atoms with Crippen molar-refractivity contribution < 1.29 is 9.18 Å². The van der Waals surface area contributed by atoms with Crippen molar-refractivity contribution in [3.63, 3.8) is 0 Å². The van der Waals surface area contributed by atoms with E-state index in [2.05, 4.69) is 11.9 Å². The van der Waals surface area contributed by atoms with Gasteiger partial charge in [0.1, 0.15) is 5.69 Å². The Hall–Kier alpha value is -0.830. The highest BCUT2D eigenvalue weighted by Gasteiger charge is 2.15. The predicted octanol–water partition coefficient (Wildman–Crippen LogP) is 6.39. The van der Waals surface area contributed by atoms with E-state index in [9.17, 15) is 9.18 Å². The van der Waals surface area contributed by atoms with E-state index in [4.69, 9.17) is 11.6 Å². The van der Waals surface area contributed by atoms with Crippen LogP contribution in [0.25, 0.3) is 0 Å². The molecular formula is C18H29ClFNO. The predicted molar refractivity (Wildman–Crippen MR) is 91.1 cm³/mol. The Morgan fingerprint density at radius 2 is 1.50 bits per heavy atom. The minimum absolute atomic E-state index is 0.111. The normalized spacial score (nSPS) is 11.0. The minimum Gasteiger partial charge on any atom is -0.355 e. The number of nitrogens with one attached hydrogen (secondary N) is 1. The lowest BCUT2D eigenvalue weighted by atomic mass is 10.0. The molecule has 0 amide bonds. The Bertz CT molecular complexity index is 431. The summed E-state index contributed by atoms with van der Waals surface area (Å²) in [7, 11) is 0. The zero-order chi connectivity index (χ0) is 16.2. The average Bonchev–Trinajstić information content (AvgIpc) is 2.86. The van der Waals surface area contributed by atoms with Gasteiger partial charge in [-0.2, -0.15) is 0 Å². The second kappa shape index (κ2) is 11.7. The molecule has 126 valence electrons. The molecule has 4 heteroatoms. The molecule has 1 N–H and O–H groups in total. The molecule has 1 rings (SSSR count). The molecule has 0 aliphatic carbocycles. The van der Waals surface area contributed by atoms with Crippen molar-refractivity contribution in [2.45, 2.75) is 84.0 Å². The Labute approximate surface area is 138 Å². The third-order valence-corrected chi connectivity index (χ3v) is 4.33. The molecule has 0 bridgehead atoms. The minimum atomic E-state index is -0.761. The van der Waals surface area contributed by atoms with Crippen LogP contribution in [0.1, 0.15) is 93.6 Å². The summed E-state index contributed by atoms with van der Waals surface area (Å²) in [6.45, 7) is 2.24. The Morgan fingerprint density at radius 3 is 1.95 bits per heavy atom. The fourth-order valence-electron chi connectivity index (χ4n) is 2.75. The number of hydrogen-bond donors (Lipinski definition) is 1. The van der Waals surface area contributed by atoms with Crippen molar-refractivity contribution in [2.75, 3.05) is 0 Å². The average molecular weight is 330 g/mol. The first-order valence-electron chi connectivity index (χ1n) is 8.72. The lowest BCUT2D eigenvalue weighted by molar-refractivity contribution is 0.107. The summed E-state index contributed by atoms with van der Waals surface area (Å²) >= 11 is 5.28. The molecule has 22 heavy (non-hydrogen) atoms. The van der Waals surface area contributed by atoms with Gasteiger partial charge in [-0.1, -0.05) is 71.1 Å². The summed E-state index contributed by atoms with van der Waals surface area (Å²) in [5.41, 5.74) is 0.458. The molecule has 0 aliphatic rings. The summed E-state index contributed by atoms with van der Waals surface area (Å²) < 4.78 is 13.7. The van der Waals surface area contributed by atoms with Crippen molar-refractivity contribution >= 4 is 16.8 Å². The van der Waals surface area contributed by atoms with Gasteiger partial charge < -0.3 is 4.98 Å². The van der Waals surface area contributed by atoms with Gasteiger partial charge in [-0.05, 0) is 24.4 Å². The Morgan fingerprint density at radius 1 is 1.00 bits per heavy atom. The van der Waals surface area contributed by atoms with Gasteiger partial charge >= 0.3 is 0 Å². The van der Waals surface area contributed by atoms with Crippen molar-refractivity contribution in [1.82, 2.24) is 4.98 Å². The lowest BCUT2D eigenvalue weighted by Crippen LogP contribution is -1.94. The molecule has 0 unspecified atom stereocenters. The summed E-state index contributed by atoms with van der Waals surface area (Å²) in [5, 5.41) is -0.761. The molecule has 2 nitrogen and oxygen atoms in total. The van der Waals surface area contributed by atoms with E-state index < -0.39 is 11.1 Å². The molecule has 1 heterocycles. The van der Waals surface area contributed by atoms with Gasteiger partial charge in [0.25, 0.3) is 5.24 Å². The van der Waals surface area contributed by atoms with Gasteiger partial charge in [-0.3, -0.25) is 4.79 Å².